The molecule has 2 aromatic rings. The molecule has 3 heterocycles. The van der Waals surface area contributed by atoms with E-state index in [0.717, 1.165) is 38.9 Å². The number of hydrogen-bond acceptors (Lipinski definition) is 5. The average Bonchev–Trinajstić information content (AvgIpc) is 3.28. The summed E-state index contributed by atoms with van der Waals surface area (Å²) in [4.78, 5) is 17.2. The Morgan fingerprint density at radius 2 is 1.86 bits per heavy atom. The van der Waals surface area contributed by atoms with Gasteiger partial charge in [0.25, 0.3) is 0 Å². The topological polar surface area (TPSA) is 29.5 Å². The van der Waals surface area contributed by atoms with Crippen molar-refractivity contribution in [2.24, 2.45) is 5.92 Å². The largest absolute Gasteiger partial charge is 0.466 e. The van der Waals surface area contributed by atoms with Crippen LogP contribution in [0.2, 0.25) is 0 Å². The third kappa shape index (κ3) is 5.69. The highest BCUT2D eigenvalue weighted by Gasteiger charge is 2.26. The maximum atomic E-state index is 12.1. The highest BCUT2D eigenvalue weighted by atomic mass is 35.5. The zero-order valence-corrected chi connectivity index (χ0v) is 19.4. The van der Waals surface area contributed by atoms with E-state index in [0.29, 0.717) is 6.61 Å². The SMILES string of the molecule is CCOC(=O)[C@@H]1CCCN(CCC=C(c2sccc2C)c2sccc2C)C1.Cl. The highest BCUT2D eigenvalue weighted by Crippen LogP contribution is 2.35. The number of carbonyl (C=O) groups is 1. The van der Waals surface area contributed by atoms with Crippen LogP contribution < -0.4 is 0 Å². The molecular formula is C22H30ClNO2S2. The van der Waals surface area contributed by atoms with E-state index in [1.807, 2.05) is 29.6 Å². The molecule has 0 aliphatic carbocycles. The summed E-state index contributed by atoms with van der Waals surface area (Å²) in [5.41, 5.74) is 4.06. The van der Waals surface area contributed by atoms with Crippen molar-refractivity contribution in [2.45, 2.75) is 40.0 Å². The average molecular weight is 440 g/mol. The molecule has 6 heteroatoms. The lowest BCUT2D eigenvalue weighted by molar-refractivity contribution is -0.149. The summed E-state index contributed by atoms with van der Waals surface area (Å²) in [6, 6.07) is 4.40. The smallest absolute Gasteiger partial charge is 0.310 e. The van der Waals surface area contributed by atoms with Crippen molar-refractivity contribution >= 4 is 46.6 Å². The molecule has 3 rings (SSSR count). The van der Waals surface area contributed by atoms with Crippen LogP contribution in [0.3, 0.4) is 0 Å². The number of nitrogens with zero attached hydrogens (tertiary/aromatic N) is 1. The molecule has 1 saturated heterocycles. The molecule has 1 fully saturated rings. The highest BCUT2D eigenvalue weighted by molar-refractivity contribution is 7.14. The van der Waals surface area contributed by atoms with Crippen LogP contribution in [0.1, 0.15) is 47.1 Å². The molecule has 0 spiro atoms. The fraction of sp³-hybridized carbons (Fsp3) is 0.500. The van der Waals surface area contributed by atoms with E-state index >= 15 is 0 Å². The van der Waals surface area contributed by atoms with E-state index in [2.05, 4.69) is 47.7 Å². The van der Waals surface area contributed by atoms with E-state index < -0.39 is 0 Å². The number of esters is 1. The second-order valence-electron chi connectivity index (χ2n) is 7.16. The molecule has 0 amide bonds. The first kappa shape index (κ1) is 23.1. The lowest BCUT2D eigenvalue weighted by Crippen LogP contribution is -2.39. The van der Waals surface area contributed by atoms with E-state index in [-0.39, 0.29) is 24.3 Å². The van der Waals surface area contributed by atoms with Crippen molar-refractivity contribution in [3.8, 4) is 0 Å². The van der Waals surface area contributed by atoms with Crippen molar-refractivity contribution in [3.63, 3.8) is 0 Å². The van der Waals surface area contributed by atoms with Crippen LogP contribution in [-0.2, 0) is 9.53 Å². The number of aryl methyl sites for hydroxylation is 2. The molecule has 2 aromatic heterocycles. The van der Waals surface area contributed by atoms with Gasteiger partial charge in [0, 0.05) is 28.4 Å². The minimum atomic E-state index is -0.0261. The van der Waals surface area contributed by atoms with Crippen LogP contribution in [0.25, 0.3) is 5.57 Å². The number of rotatable bonds is 7. The summed E-state index contributed by atoms with van der Waals surface area (Å²) in [6.45, 7) is 9.64. The monoisotopic (exact) mass is 439 g/mol. The number of piperidine rings is 1. The van der Waals surface area contributed by atoms with Crippen molar-refractivity contribution in [1.82, 2.24) is 4.90 Å². The molecule has 1 aliphatic heterocycles. The molecule has 0 aromatic carbocycles. The summed E-state index contributed by atoms with van der Waals surface area (Å²) < 4.78 is 5.22. The first-order valence-electron chi connectivity index (χ1n) is 9.78. The van der Waals surface area contributed by atoms with Gasteiger partial charge in [-0.3, -0.25) is 4.79 Å². The Kier molecular flexibility index (Phi) is 9.22. The lowest BCUT2D eigenvalue weighted by atomic mass is 9.98. The maximum Gasteiger partial charge on any atom is 0.310 e. The Labute approximate surface area is 182 Å². The van der Waals surface area contributed by atoms with Gasteiger partial charge in [0.1, 0.15) is 0 Å². The van der Waals surface area contributed by atoms with Gasteiger partial charge in [-0.05, 0) is 80.6 Å². The standard InChI is InChI=1S/C22H29NO2S2.ClH/c1-4-25-22(24)18-7-5-11-23(15-18)12-6-8-19(20-16(2)9-13-26-20)21-17(3)10-14-27-21;/h8-10,13-14,18H,4-7,11-12,15H2,1-3H3;1H/t18-;/m1./s1. The summed E-state index contributed by atoms with van der Waals surface area (Å²) in [5.74, 6) is 0.0167. The van der Waals surface area contributed by atoms with Gasteiger partial charge < -0.3 is 9.64 Å². The number of likely N-dealkylation sites (tertiary alicyclic amines) is 1. The summed E-state index contributed by atoms with van der Waals surface area (Å²) >= 11 is 3.65. The Bertz CT molecular complexity index is 754. The first-order valence-corrected chi connectivity index (χ1v) is 11.5. The number of ether oxygens (including phenoxy) is 1. The van der Waals surface area contributed by atoms with E-state index in [9.17, 15) is 4.79 Å². The molecule has 0 radical (unpaired) electrons. The first-order chi connectivity index (χ1) is 13.1. The second kappa shape index (κ2) is 11.1. The van der Waals surface area contributed by atoms with Crippen LogP contribution in [0.4, 0.5) is 0 Å². The fourth-order valence-corrected chi connectivity index (χ4v) is 5.70. The third-order valence-corrected chi connectivity index (χ3v) is 7.23. The van der Waals surface area contributed by atoms with Gasteiger partial charge in [-0.15, -0.1) is 35.1 Å². The fourth-order valence-electron chi connectivity index (χ4n) is 3.69. The number of halogens is 1. The van der Waals surface area contributed by atoms with Gasteiger partial charge in [-0.1, -0.05) is 6.08 Å². The van der Waals surface area contributed by atoms with Gasteiger partial charge in [-0.2, -0.15) is 0 Å². The molecule has 0 saturated carbocycles. The number of hydrogen-bond donors (Lipinski definition) is 0. The molecule has 0 bridgehead atoms. The van der Waals surface area contributed by atoms with Gasteiger partial charge in [0.2, 0.25) is 0 Å². The Morgan fingerprint density at radius 3 is 2.39 bits per heavy atom. The molecule has 3 nitrogen and oxygen atoms in total. The van der Waals surface area contributed by atoms with Gasteiger partial charge in [-0.25, -0.2) is 0 Å². The van der Waals surface area contributed by atoms with Gasteiger partial charge in [0.15, 0.2) is 0 Å². The van der Waals surface area contributed by atoms with Crippen LogP contribution in [0, 0.1) is 19.8 Å². The molecule has 154 valence electrons. The third-order valence-electron chi connectivity index (χ3n) is 5.13. The molecular weight excluding hydrogens is 410 g/mol. The van der Waals surface area contributed by atoms with Gasteiger partial charge in [0.05, 0.1) is 12.5 Å². The molecule has 28 heavy (non-hydrogen) atoms. The normalized spacial score (nSPS) is 17.0. The Balaban J connectivity index is 0.00000280. The molecule has 1 atom stereocenters. The van der Waals surface area contributed by atoms with E-state index in [4.69, 9.17) is 4.74 Å². The predicted molar refractivity (Wildman–Crippen MR) is 123 cm³/mol. The van der Waals surface area contributed by atoms with Crippen molar-refractivity contribution in [2.75, 3.05) is 26.2 Å². The van der Waals surface area contributed by atoms with Crippen LogP contribution >= 0.6 is 35.1 Å². The van der Waals surface area contributed by atoms with E-state index in [1.165, 1.54) is 26.5 Å². The number of thiophene rings is 2. The van der Waals surface area contributed by atoms with Crippen LogP contribution in [0.15, 0.2) is 29.0 Å². The molecule has 0 N–H and O–H groups in total. The summed E-state index contributed by atoms with van der Waals surface area (Å²) in [5, 5.41) is 4.35. The Hall–Kier alpha value is -1.14. The zero-order valence-electron chi connectivity index (χ0n) is 16.9. The Morgan fingerprint density at radius 1 is 1.21 bits per heavy atom. The summed E-state index contributed by atoms with van der Waals surface area (Å²) in [6.07, 6.45) is 5.43. The maximum absolute atomic E-state index is 12.1. The van der Waals surface area contributed by atoms with Crippen molar-refractivity contribution < 1.29 is 9.53 Å². The zero-order chi connectivity index (χ0) is 19.2. The van der Waals surface area contributed by atoms with Crippen molar-refractivity contribution in [3.05, 3.63) is 49.9 Å². The van der Waals surface area contributed by atoms with Crippen molar-refractivity contribution in [1.29, 1.82) is 0 Å². The predicted octanol–water partition coefficient (Wildman–Crippen LogP) is 5.95. The second-order valence-corrected chi connectivity index (χ2v) is 9.00. The van der Waals surface area contributed by atoms with Crippen LogP contribution in [0.5, 0.6) is 0 Å². The van der Waals surface area contributed by atoms with Gasteiger partial charge >= 0.3 is 5.97 Å². The lowest BCUT2D eigenvalue weighted by Gasteiger charge is -2.31. The molecule has 1 aliphatic rings. The quantitative estimate of drug-likeness (QED) is 0.499. The van der Waals surface area contributed by atoms with E-state index in [1.54, 1.807) is 0 Å². The summed E-state index contributed by atoms with van der Waals surface area (Å²) in [7, 11) is 0. The minimum absolute atomic E-state index is 0. The minimum Gasteiger partial charge on any atom is -0.466 e. The molecule has 0 unspecified atom stereocenters. The number of carbonyl (C=O) groups excluding carboxylic acids is 1. The van der Waals surface area contributed by atoms with Crippen LogP contribution in [-0.4, -0.2) is 37.1 Å².